The maximum absolute atomic E-state index is 6.09. The van der Waals surface area contributed by atoms with Crippen molar-refractivity contribution in [1.82, 2.24) is 14.9 Å². The van der Waals surface area contributed by atoms with Crippen molar-refractivity contribution in [3.8, 4) is 0 Å². The molecule has 2 bridgehead atoms. The Balaban J connectivity index is 0.000000402. The van der Waals surface area contributed by atoms with Crippen LogP contribution in [0.4, 0.5) is 5.82 Å². The largest absolute Gasteiger partial charge is 0.404 e. The third-order valence-corrected chi connectivity index (χ3v) is 13.9. The molecular weight excluding hydrogens is 637 g/mol. The van der Waals surface area contributed by atoms with Gasteiger partial charge in [-0.3, -0.25) is 4.99 Å². The molecule has 8 rings (SSSR count). The van der Waals surface area contributed by atoms with Gasteiger partial charge in [0.2, 0.25) is 0 Å². The highest BCUT2D eigenvalue weighted by molar-refractivity contribution is 6.09. The van der Waals surface area contributed by atoms with E-state index in [-0.39, 0.29) is 0 Å². The smallest absolute Gasteiger partial charge is 0.136 e. The predicted octanol–water partition coefficient (Wildman–Crippen LogP) is 10.7. The second-order valence-electron chi connectivity index (χ2n) is 17.0. The first kappa shape index (κ1) is 38.3. The van der Waals surface area contributed by atoms with Crippen LogP contribution in [0.3, 0.4) is 0 Å². The van der Waals surface area contributed by atoms with E-state index in [2.05, 4.69) is 73.3 Å². The lowest BCUT2D eigenvalue weighted by atomic mass is 9.51. The molecule has 1 aromatic carbocycles. The second kappa shape index (κ2) is 17.2. The highest BCUT2D eigenvalue weighted by Gasteiger charge is 2.50. The molecule has 6 heteroatoms. The Hall–Kier alpha value is -3.41. The van der Waals surface area contributed by atoms with E-state index in [1.54, 1.807) is 18.1 Å². The molecule has 0 atom stereocenters. The van der Waals surface area contributed by atoms with Gasteiger partial charge in [-0.2, -0.15) is 0 Å². The summed E-state index contributed by atoms with van der Waals surface area (Å²) in [6.07, 6.45) is 26.5. The van der Waals surface area contributed by atoms with Crippen molar-refractivity contribution >= 4 is 17.6 Å². The molecule has 5 saturated carbocycles. The van der Waals surface area contributed by atoms with Crippen LogP contribution in [0.1, 0.15) is 146 Å². The lowest BCUT2D eigenvalue weighted by molar-refractivity contribution is 0.0459. The standard InChI is InChI=1S/C37H51N5.C9H17N/c1-4-29-13-14-32(21-27(29)2)37-18-15-36(16-19-37,17-20-37)25-42(28(3)30-9-6-5-7-10-30)35-22-34(40-26-41-35)31(23-38)24-39-33-11-8-12-33;1-4-8(3)10-6-9(5-2)7-10/h13-14,21-24,26,30,33H,3-12,15-20,25,38H2,1-2H3;9H,3-7H2,1-2H3/b31-23+,39-24?;. The number of anilines is 1. The van der Waals surface area contributed by atoms with Crippen LogP contribution in [-0.2, 0) is 11.8 Å². The van der Waals surface area contributed by atoms with E-state index in [0.29, 0.717) is 22.8 Å². The topological polar surface area (TPSA) is 70.6 Å². The first-order chi connectivity index (χ1) is 25.2. The molecule has 6 nitrogen and oxygen atoms in total. The average molecular weight is 705 g/mol. The van der Waals surface area contributed by atoms with Gasteiger partial charge in [-0.25, -0.2) is 9.97 Å². The molecule has 2 heterocycles. The van der Waals surface area contributed by atoms with Crippen LogP contribution in [-0.4, -0.2) is 46.8 Å². The van der Waals surface area contributed by atoms with Crippen molar-refractivity contribution in [2.75, 3.05) is 24.5 Å². The van der Waals surface area contributed by atoms with Gasteiger partial charge in [-0.05, 0) is 136 Å². The van der Waals surface area contributed by atoms with Crippen molar-refractivity contribution in [1.29, 1.82) is 0 Å². The van der Waals surface area contributed by atoms with E-state index in [1.807, 2.05) is 6.21 Å². The lowest BCUT2D eigenvalue weighted by Crippen LogP contribution is -2.49. The number of benzene rings is 1. The fourth-order valence-electron chi connectivity index (χ4n) is 9.56. The molecule has 6 aliphatic rings. The van der Waals surface area contributed by atoms with E-state index in [0.717, 1.165) is 42.4 Å². The van der Waals surface area contributed by atoms with Crippen LogP contribution in [0.5, 0.6) is 0 Å². The molecule has 0 spiro atoms. The van der Waals surface area contributed by atoms with Crippen LogP contribution in [0.2, 0.25) is 0 Å². The lowest BCUT2D eigenvalue weighted by Gasteiger charge is -2.55. The third-order valence-electron chi connectivity index (χ3n) is 13.9. The van der Waals surface area contributed by atoms with Crippen LogP contribution in [0.25, 0.3) is 5.57 Å². The number of nitrogens with two attached hydrogens (primary N) is 1. The summed E-state index contributed by atoms with van der Waals surface area (Å²) in [7, 11) is 0. The SMILES string of the molecule is C=C(C1CCCCC1)N(CC12CCC(c3ccc(CC)c(C)c3)(CC1)CC2)c1cc(/C(C=NC2CCC2)=C/N)ncn1.C=C(CC)N1CC(CC)C1. The van der Waals surface area contributed by atoms with Gasteiger partial charge in [0, 0.05) is 61.1 Å². The Kier molecular flexibility index (Phi) is 12.6. The molecule has 0 unspecified atom stereocenters. The predicted molar refractivity (Wildman–Crippen MR) is 221 cm³/mol. The minimum absolute atomic E-state index is 0.307. The second-order valence-corrected chi connectivity index (χ2v) is 17.0. The molecule has 2 N–H and O–H groups in total. The molecule has 5 aliphatic carbocycles. The average Bonchev–Trinajstić information content (AvgIpc) is 3.15. The highest BCUT2D eigenvalue weighted by atomic mass is 15.2. The fourth-order valence-corrected chi connectivity index (χ4v) is 9.56. The van der Waals surface area contributed by atoms with E-state index in [4.69, 9.17) is 22.3 Å². The maximum atomic E-state index is 6.09. The molecule has 1 saturated heterocycles. The van der Waals surface area contributed by atoms with E-state index >= 15 is 0 Å². The number of aromatic nitrogens is 2. The van der Waals surface area contributed by atoms with Gasteiger partial charge in [0.1, 0.15) is 12.1 Å². The maximum Gasteiger partial charge on any atom is 0.136 e. The number of aliphatic imine (C=N–C) groups is 1. The number of rotatable bonds is 13. The summed E-state index contributed by atoms with van der Waals surface area (Å²) in [6.45, 7) is 21.2. The monoisotopic (exact) mass is 705 g/mol. The minimum Gasteiger partial charge on any atom is -0.404 e. The Morgan fingerprint density at radius 1 is 0.942 bits per heavy atom. The molecule has 282 valence electrons. The Morgan fingerprint density at radius 2 is 1.65 bits per heavy atom. The van der Waals surface area contributed by atoms with E-state index in [9.17, 15) is 0 Å². The molecule has 1 aromatic heterocycles. The Labute approximate surface area is 316 Å². The third kappa shape index (κ3) is 8.52. The van der Waals surface area contributed by atoms with Gasteiger partial charge in [0.15, 0.2) is 0 Å². The quantitative estimate of drug-likeness (QED) is 0.210. The summed E-state index contributed by atoms with van der Waals surface area (Å²) in [5.74, 6) is 2.45. The number of nitrogens with zero attached hydrogens (tertiary/aromatic N) is 5. The molecule has 1 aliphatic heterocycles. The summed E-state index contributed by atoms with van der Waals surface area (Å²) in [4.78, 5) is 19.1. The molecule has 0 amide bonds. The number of hydrogen-bond acceptors (Lipinski definition) is 6. The normalized spacial score (nSPS) is 25.3. The molecule has 0 radical (unpaired) electrons. The van der Waals surface area contributed by atoms with Crippen LogP contribution in [0.15, 0.2) is 66.3 Å². The molecule has 6 fully saturated rings. The van der Waals surface area contributed by atoms with Crippen molar-refractivity contribution in [2.45, 2.75) is 148 Å². The zero-order chi connectivity index (χ0) is 36.7. The van der Waals surface area contributed by atoms with Gasteiger partial charge >= 0.3 is 0 Å². The number of hydrogen-bond donors (Lipinski definition) is 1. The number of likely N-dealkylation sites (tertiary alicyclic amines) is 1. The van der Waals surface area contributed by atoms with Crippen LogP contribution in [0, 0.1) is 24.2 Å². The Bertz CT molecular complexity index is 1560. The van der Waals surface area contributed by atoms with Crippen molar-refractivity contribution in [3.05, 3.63) is 83.7 Å². The summed E-state index contributed by atoms with van der Waals surface area (Å²) in [6, 6.07) is 9.90. The fraction of sp³-hybridized carbons (Fsp3) is 0.630. The first-order valence-corrected chi connectivity index (χ1v) is 21.0. The molecule has 2 aromatic rings. The van der Waals surface area contributed by atoms with Crippen LogP contribution < -0.4 is 10.6 Å². The van der Waals surface area contributed by atoms with Gasteiger partial charge in [0.05, 0.1) is 5.69 Å². The number of aryl methyl sites for hydroxylation is 2. The van der Waals surface area contributed by atoms with E-state index < -0.39 is 0 Å². The Morgan fingerprint density at radius 3 is 2.23 bits per heavy atom. The van der Waals surface area contributed by atoms with Gasteiger partial charge in [0.25, 0.3) is 0 Å². The van der Waals surface area contributed by atoms with Crippen molar-refractivity contribution in [3.63, 3.8) is 0 Å². The zero-order valence-corrected chi connectivity index (χ0v) is 33.1. The van der Waals surface area contributed by atoms with Crippen molar-refractivity contribution in [2.24, 2.45) is 28.0 Å². The zero-order valence-electron chi connectivity index (χ0n) is 33.1. The summed E-state index contributed by atoms with van der Waals surface area (Å²) >= 11 is 0. The highest BCUT2D eigenvalue weighted by Crippen LogP contribution is 2.58. The van der Waals surface area contributed by atoms with Gasteiger partial charge in [-0.15, -0.1) is 0 Å². The molecular formula is C46H68N6. The van der Waals surface area contributed by atoms with Gasteiger partial charge in [-0.1, -0.05) is 71.4 Å². The summed E-state index contributed by atoms with van der Waals surface area (Å²) < 4.78 is 0. The summed E-state index contributed by atoms with van der Waals surface area (Å²) in [5.41, 5.74) is 15.6. The number of fused-ring (bicyclic) bond motifs is 3. The number of allylic oxidation sites excluding steroid dienone is 3. The van der Waals surface area contributed by atoms with Gasteiger partial charge < -0.3 is 15.5 Å². The van der Waals surface area contributed by atoms with Crippen molar-refractivity contribution < 1.29 is 0 Å². The first-order valence-electron chi connectivity index (χ1n) is 21.0. The van der Waals surface area contributed by atoms with Crippen LogP contribution >= 0.6 is 0 Å². The summed E-state index contributed by atoms with van der Waals surface area (Å²) in [5, 5.41) is 0. The molecule has 52 heavy (non-hydrogen) atoms. The van der Waals surface area contributed by atoms with E-state index in [1.165, 1.54) is 132 Å². The minimum atomic E-state index is 0.307.